The van der Waals surface area contributed by atoms with E-state index in [0.29, 0.717) is 16.6 Å². The minimum absolute atomic E-state index is 0.0993. The molecule has 2 heterocycles. The molecule has 1 aromatic rings. The first-order valence-electron chi connectivity index (χ1n) is 5.11. The van der Waals surface area contributed by atoms with Crippen LogP contribution in [0.3, 0.4) is 0 Å². The Hall–Kier alpha value is -0.840. The number of alkyl halides is 1. The maximum atomic E-state index is 11.5. The van der Waals surface area contributed by atoms with Crippen LogP contribution in [0.15, 0.2) is 17.2 Å². The van der Waals surface area contributed by atoms with Crippen LogP contribution in [0.25, 0.3) is 0 Å². The summed E-state index contributed by atoms with van der Waals surface area (Å²) in [6, 6.07) is 0. The fraction of sp³-hybridized carbons (Fsp3) is 0.600. The van der Waals surface area contributed by atoms with Crippen molar-refractivity contribution >= 4 is 21.7 Å². The van der Waals surface area contributed by atoms with Crippen molar-refractivity contribution in [3.05, 3.63) is 22.7 Å². The molecule has 2 atom stereocenters. The number of hydrogen-bond donors (Lipinski definition) is 1. The first-order chi connectivity index (χ1) is 7.18. The fourth-order valence-corrected chi connectivity index (χ4v) is 2.25. The molecular weight excluding hydrogens is 258 g/mol. The quantitative estimate of drug-likeness (QED) is 0.786. The molecule has 0 spiro atoms. The van der Waals surface area contributed by atoms with Gasteiger partial charge in [-0.2, -0.15) is 0 Å². The Labute approximate surface area is 96.8 Å². The van der Waals surface area contributed by atoms with E-state index in [9.17, 15) is 4.79 Å². The van der Waals surface area contributed by atoms with Crippen molar-refractivity contribution in [1.29, 1.82) is 0 Å². The minimum atomic E-state index is -0.0993. The zero-order chi connectivity index (χ0) is 10.8. The van der Waals surface area contributed by atoms with Gasteiger partial charge in [0.1, 0.15) is 0 Å². The molecule has 1 saturated heterocycles. The van der Waals surface area contributed by atoms with Crippen LogP contribution in [-0.2, 0) is 0 Å². The normalized spacial score (nSPS) is 26.7. The molecule has 0 amide bonds. The highest BCUT2D eigenvalue weighted by Crippen LogP contribution is 2.24. The lowest BCUT2D eigenvalue weighted by molar-refractivity contribution is 0.462. The van der Waals surface area contributed by atoms with E-state index >= 15 is 0 Å². The molecule has 1 aromatic heterocycles. The summed E-state index contributed by atoms with van der Waals surface area (Å²) < 4.78 is 0. The molecule has 0 saturated carbocycles. The third-order valence-electron chi connectivity index (χ3n) is 2.79. The summed E-state index contributed by atoms with van der Waals surface area (Å²) in [5.74, 6) is 1.09. The van der Waals surface area contributed by atoms with Gasteiger partial charge in [0.25, 0.3) is 5.56 Å². The Morgan fingerprint density at radius 1 is 1.67 bits per heavy atom. The first-order valence-corrected chi connectivity index (χ1v) is 6.03. The summed E-state index contributed by atoms with van der Waals surface area (Å²) >= 11 is 3.64. The van der Waals surface area contributed by atoms with Gasteiger partial charge in [-0.1, -0.05) is 22.9 Å². The minimum Gasteiger partial charge on any atom is -0.352 e. The zero-order valence-corrected chi connectivity index (χ0v) is 10.2. The molecule has 2 unspecified atom stereocenters. The lowest BCUT2D eigenvalue weighted by atomic mass is 10.0. The summed E-state index contributed by atoms with van der Waals surface area (Å²) in [6.07, 6.45) is 4.24. The second-order valence-corrected chi connectivity index (χ2v) is 5.15. The van der Waals surface area contributed by atoms with Crippen molar-refractivity contribution < 1.29 is 0 Å². The maximum Gasteiger partial charge on any atom is 0.290 e. The molecule has 1 fully saturated rings. The average Bonchev–Trinajstić information content (AvgIpc) is 2.23. The number of H-pyrrole nitrogens is 1. The molecule has 0 bridgehead atoms. The highest BCUT2D eigenvalue weighted by atomic mass is 79.9. The molecule has 1 aliphatic heterocycles. The van der Waals surface area contributed by atoms with Crippen LogP contribution in [0.4, 0.5) is 5.82 Å². The van der Waals surface area contributed by atoms with Gasteiger partial charge in [0.05, 0.1) is 0 Å². The number of aromatic nitrogens is 2. The molecular formula is C10H14BrN3O. The van der Waals surface area contributed by atoms with E-state index in [-0.39, 0.29) is 5.56 Å². The van der Waals surface area contributed by atoms with Gasteiger partial charge >= 0.3 is 0 Å². The summed E-state index contributed by atoms with van der Waals surface area (Å²) in [4.78, 5) is 20.9. The van der Waals surface area contributed by atoms with Gasteiger partial charge in [0.2, 0.25) is 0 Å². The summed E-state index contributed by atoms with van der Waals surface area (Å²) in [5, 5.41) is 0. The van der Waals surface area contributed by atoms with Gasteiger partial charge in [-0.15, -0.1) is 0 Å². The Bertz CT molecular complexity index is 392. The second kappa shape index (κ2) is 4.35. The van der Waals surface area contributed by atoms with E-state index in [4.69, 9.17) is 0 Å². The summed E-state index contributed by atoms with van der Waals surface area (Å²) in [7, 11) is 0. The standard InChI is InChI=1S/C10H14BrN3O/c1-7-6-14(5-2-8(7)11)9-10(15)13-4-3-12-9/h3-4,7-8H,2,5-6H2,1H3,(H,13,15). The maximum absolute atomic E-state index is 11.5. The van der Waals surface area contributed by atoms with Gasteiger partial charge in [0, 0.05) is 30.3 Å². The average molecular weight is 272 g/mol. The Balaban J connectivity index is 2.19. The molecule has 1 aliphatic rings. The molecule has 1 N–H and O–H groups in total. The fourth-order valence-electron chi connectivity index (χ4n) is 1.88. The van der Waals surface area contributed by atoms with Crippen molar-refractivity contribution in [3.8, 4) is 0 Å². The first kappa shape index (κ1) is 10.7. The van der Waals surface area contributed by atoms with E-state index in [0.717, 1.165) is 19.5 Å². The van der Waals surface area contributed by atoms with Gasteiger partial charge in [-0.3, -0.25) is 4.79 Å². The van der Waals surface area contributed by atoms with E-state index in [2.05, 4.69) is 37.7 Å². The van der Waals surface area contributed by atoms with Crippen LogP contribution in [-0.4, -0.2) is 27.9 Å². The monoisotopic (exact) mass is 271 g/mol. The third kappa shape index (κ3) is 2.22. The number of aromatic amines is 1. The zero-order valence-electron chi connectivity index (χ0n) is 8.61. The van der Waals surface area contributed by atoms with Crippen molar-refractivity contribution in [2.45, 2.75) is 18.2 Å². The lowest BCUT2D eigenvalue weighted by Gasteiger charge is -2.34. The van der Waals surface area contributed by atoms with Crippen molar-refractivity contribution in [3.63, 3.8) is 0 Å². The smallest absolute Gasteiger partial charge is 0.290 e. The highest BCUT2D eigenvalue weighted by molar-refractivity contribution is 9.09. The molecule has 82 valence electrons. The van der Waals surface area contributed by atoms with E-state index in [1.165, 1.54) is 0 Å². The van der Waals surface area contributed by atoms with Gasteiger partial charge in [-0.25, -0.2) is 4.98 Å². The summed E-state index contributed by atoms with van der Waals surface area (Å²) in [5.41, 5.74) is -0.0993. The molecule has 2 rings (SSSR count). The van der Waals surface area contributed by atoms with E-state index < -0.39 is 0 Å². The molecule has 15 heavy (non-hydrogen) atoms. The van der Waals surface area contributed by atoms with Crippen LogP contribution >= 0.6 is 15.9 Å². The van der Waals surface area contributed by atoms with Gasteiger partial charge < -0.3 is 9.88 Å². The van der Waals surface area contributed by atoms with Crippen LogP contribution in [0.2, 0.25) is 0 Å². The van der Waals surface area contributed by atoms with Crippen LogP contribution in [0.5, 0.6) is 0 Å². The largest absolute Gasteiger partial charge is 0.352 e. The number of nitrogens with one attached hydrogen (secondary N) is 1. The Morgan fingerprint density at radius 2 is 2.47 bits per heavy atom. The third-order valence-corrected chi connectivity index (χ3v) is 4.15. The molecule has 5 heteroatoms. The molecule has 0 aliphatic carbocycles. The number of piperidine rings is 1. The number of anilines is 1. The van der Waals surface area contributed by atoms with Crippen molar-refractivity contribution in [2.75, 3.05) is 18.0 Å². The van der Waals surface area contributed by atoms with Crippen molar-refractivity contribution in [1.82, 2.24) is 9.97 Å². The van der Waals surface area contributed by atoms with Gasteiger partial charge in [-0.05, 0) is 12.3 Å². The van der Waals surface area contributed by atoms with Crippen molar-refractivity contribution in [2.24, 2.45) is 5.92 Å². The Kier molecular flexibility index (Phi) is 3.09. The number of nitrogens with zero attached hydrogens (tertiary/aromatic N) is 2. The summed E-state index contributed by atoms with van der Waals surface area (Å²) in [6.45, 7) is 3.96. The predicted molar refractivity (Wildman–Crippen MR) is 63.6 cm³/mol. The Morgan fingerprint density at radius 3 is 3.13 bits per heavy atom. The van der Waals surface area contributed by atoms with Crippen LogP contribution < -0.4 is 10.5 Å². The number of halogens is 1. The van der Waals surface area contributed by atoms with Gasteiger partial charge in [0.15, 0.2) is 5.82 Å². The van der Waals surface area contributed by atoms with Crippen LogP contribution in [0.1, 0.15) is 13.3 Å². The lowest BCUT2D eigenvalue weighted by Crippen LogP contribution is -2.42. The molecule has 0 aromatic carbocycles. The predicted octanol–water partition coefficient (Wildman–Crippen LogP) is 1.38. The molecule has 4 nitrogen and oxygen atoms in total. The number of rotatable bonds is 1. The van der Waals surface area contributed by atoms with E-state index in [1.807, 2.05) is 0 Å². The number of hydrogen-bond acceptors (Lipinski definition) is 3. The second-order valence-electron chi connectivity index (χ2n) is 3.97. The van der Waals surface area contributed by atoms with Crippen LogP contribution in [0, 0.1) is 5.92 Å². The van der Waals surface area contributed by atoms with E-state index in [1.54, 1.807) is 12.4 Å². The SMILES string of the molecule is CC1CN(c2ncc[nH]c2=O)CCC1Br. The molecule has 0 radical (unpaired) electrons. The topological polar surface area (TPSA) is 49.0 Å². The highest BCUT2D eigenvalue weighted by Gasteiger charge is 2.25.